The second-order valence-corrected chi connectivity index (χ2v) is 6.15. The van der Waals surface area contributed by atoms with Crippen LogP contribution < -0.4 is 5.32 Å². The van der Waals surface area contributed by atoms with E-state index in [2.05, 4.69) is 10.2 Å². The maximum atomic E-state index is 12.3. The number of aliphatic carboxylic acids is 1. The highest BCUT2D eigenvalue weighted by atomic mass is 16.5. The second-order valence-electron chi connectivity index (χ2n) is 6.15. The largest absolute Gasteiger partial charge is 0.480 e. The Kier molecular flexibility index (Phi) is 6.12. The summed E-state index contributed by atoms with van der Waals surface area (Å²) in [7, 11) is 0. The van der Waals surface area contributed by atoms with Crippen LogP contribution in [0, 0.1) is 5.92 Å². The molecule has 1 saturated heterocycles. The summed E-state index contributed by atoms with van der Waals surface area (Å²) in [5.41, 5.74) is 1.18. The predicted octanol–water partition coefficient (Wildman–Crippen LogP) is 1.11. The lowest BCUT2D eigenvalue weighted by Gasteiger charge is -2.33. The lowest BCUT2D eigenvalue weighted by Crippen LogP contribution is -2.54. The number of hydrogen-bond donors (Lipinski definition) is 2. The molecule has 1 fully saturated rings. The molecule has 1 aromatic rings. The van der Waals surface area contributed by atoms with Crippen molar-refractivity contribution in [2.75, 3.05) is 19.7 Å². The number of carboxylic acid groups (broad SMARTS) is 1. The van der Waals surface area contributed by atoms with Gasteiger partial charge in [0.15, 0.2) is 0 Å². The van der Waals surface area contributed by atoms with Crippen LogP contribution in [0.15, 0.2) is 30.3 Å². The molecule has 126 valence electrons. The molecule has 2 atom stereocenters. The third-order valence-electron chi connectivity index (χ3n) is 3.92. The van der Waals surface area contributed by atoms with E-state index in [1.54, 1.807) is 13.8 Å². The van der Waals surface area contributed by atoms with Crippen molar-refractivity contribution in [2.45, 2.75) is 32.5 Å². The molecule has 0 aromatic heterocycles. The third-order valence-corrected chi connectivity index (χ3v) is 3.92. The average Bonchev–Trinajstić information content (AvgIpc) is 2.53. The number of nitrogens with zero attached hydrogens (tertiary/aromatic N) is 1. The van der Waals surface area contributed by atoms with Gasteiger partial charge < -0.3 is 15.2 Å². The first-order valence-corrected chi connectivity index (χ1v) is 7.88. The molecule has 0 aliphatic carbocycles. The number of carbonyl (C=O) groups excluding carboxylic acids is 1. The van der Waals surface area contributed by atoms with Crippen molar-refractivity contribution in [1.29, 1.82) is 0 Å². The van der Waals surface area contributed by atoms with Crippen LogP contribution in [0.4, 0.5) is 0 Å². The van der Waals surface area contributed by atoms with E-state index in [0.717, 1.165) is 13.1 Å². The summed E-state index contributed by atoms with van der Waals surface area (Å²) in [6.45, 7) is 5.96. The van der Waals surface area contributed by atoms with Gasteiger partial charge in [0.05, 0.1) is 6.61 Å². The fourth-order valence-electron chi connectivity index (χ4n) is 2.61. The summed E-state index contributed by atoms with van der Waals surface area (Å²) in [6, 6.07) is 9.14. The van der Waals surface area contributed by atoms with E-state index in [0.29, 0.717) is 13.2 Å². The highest BCUT2D eigenvalue weighted by Crippen LogP contribution is 2.11. The molecule has 1 aliphatic heterocycles. The van der Waals surface area contributed by atoms with Crippen molar-refractivity contribution >= 4 is 11.9 Å². The molecule has 2 N–H and O–H groups in total. The van der Waals surface area contributed by atoms with Crippen LogP contribution in [0.5, 0.6) is 0 Å². The molecule has 1 amide bonds. The van der Waals surface area contributed by atoms with Gasteiger partial charge in [0, 0.05) is 19.6 Å². The molecule has 0 saturated carbocycles. The Bertz CT molecular complexity index is 533. The van der Waals surface area contributed by atoms with Gasteiger partial charge in [-0.25, -0.2) is 4.79 Å². The first kappa shape index (κ1) is 17.4. The molecule has 2 rings (SSSR count). The van der Waals surface area contributed by atoms with Gasteiger partial charge in [-0.2, -0.15) is 0 Å². The van der Waals surface area contributed by atoms with Gasteiger partial charge in [-0.1, -0.05) is 44.2 Å². The van der Waals surface area contributed by atoms with E-state index in [4.69, 9.17) is 4.74 Å². The number of ether oxygens (including phenoxy) is 1. The van der Waals surface area contributed by atoms with Crippen LogP contribution in [-0.4, -0.2) is 53.7 Å². The highest BCUT2D eigenvalue weighted by Gasteiger charge is 2.31. The van der Waals surface area contributed by atoms with Crippen molar-refractivity contribution in [3.05, 3.63) is 35.9 Å². The first-order chi connectivity index (χ1) is 11.0. The zero-order valence-corrected chi connectivity index (χ0v) is 13.6. The van der Waals surface area contributed by atoms with E-state index in [1.165, 1.54) is 5.56 Å². The number of carbonyl (C=O) groups is 2. The zero-order valence-electron chi connectivity index (χ0n) is 13.6. The summed E-state index contributed by atoms with van der Waals surface area (Å²) < 4.78 is 5.52. The molecule has 0 unspecified atom stereocenters. The molecule has 1 heterocycles. The quantitative estimate of drug-likeness (QED) is 0.821. The number of carboxylic acids is 1. The number of morpholine rings is 1. The first-order valence-electron chi connectivity index (χ1n) is 7.88. The molecule has 0 radical (unpaired) electrons. The Balaban J connectivity index is 1.92. The van der Waals surface area contributed by atoms with Crippen molar-refractivity contribution in [3.8, 4) is 0 Å². The topological polar surface area (TPSA) is 78.9 Å². The fraction of sp³-hybridized carbons (Fsp3) is 0.529. The summed E-state index contributed by atoms with van der Waals surface area (Å²) in [4.78, 5) is 25.6. The second kappa shape index (κ2) is 8.08. The molecule has 1 aliphatic rings. The summed E-state index contributed by atoms with van der Waals surface area (Å²) in [5.74, 6) is -1.56. The Morgan fingerprint density at radius 3 is 2.65 bits per heavy atom. The van der Waals surface area contributed by atoms with Crippen LogP contribution in [0.25, 0.3) is 0 Å². The molecule has 0 spiro atoms. The standard InChI is InChI=1S/C17H24N2O4/c1-12(2)15(17(21)22)18-16(20)14-11-19(8-9-23-14)10-13-6-4-3-5-7-13/h3-7,12,14-15H,8-11H2,1-2H3,(H,18,20)(H,21,22)/t14-,15-/m1/s1. The molecule has 1 aromatic carbocycles. The monoisotopic (exact) mass is 320 g/mol. The smallest absolute Gasteiger partial charge is 0.326 e. The van der Waals surface area contributed by atoms with Crippen LogP contribution in [0.3, 0.4) is 0 Å². The summed E-state index contributed by atoms with van der Waals surface area (Å²) in [5, 5.41) is 11.8. The lowest BCUT2D eigenvalue weighted by molar-refractivity contribution is -0.148. The Labute approximate surface area is 136 Å². The minimum Gasteiger partial charge on any atom is -0.480 e. The van der Waals surface area contributed by atoms with E-state index in [1.807, 2.05) is 30.3 Å². The number of benzene rings is 1. The Morgan fingerprint density at radius 2 is 2.04 bits per heavy atom. The zero-order chi connectivity index (χ0) is 16.8. The Morgan fingerprint density at radius 1 is 1.35 bits per heavy atom. The van der Waals surface area contributed by atoms with E-state index < -0.39 is 18.1 Å². The molecule has 6 nitrogen and oxygen atoms in total. The van der Waals surface area contributed by atoms with Gasteiger partial charge in [-0.05, 0) is 11.5 Å². The normalized spacial score (nSPS) is 20.2. The van der Waals surface area contributed by atoms with Gasteiger partial charge in [0.2, 0.25) is 0 Å². The lowest BCUT2D eigenvalue weighted by atomic mass is 10.0. The van der Waals surface area contributed by atoms with Gasteiger partial charge in [-0.3, -0.25) is 9.69 Å². The van der Waals surface area contributed by atoms with E-state index >= 15 is 0 Å². The molecular formula is C17H24N2O4. The Hall–Kier alpha value is -1.92. The van der Waals surface area contributed by atoms with Crippen molar-refractivity contribution < 1.29 is 19.4 Å². The van der Waals surface area contributed by atoms with E-state index in [9.17, 15) is 14.7 Å². The fourth-order valence-corrected chi connectivity index (χ4v) is 2.61. The van der Waals surface area contributed by atoms with Gasteiger partial charge >= 0.3 is 5.97 Å². The van der Waals surface area contributed by atoms with Gasteiger partial charge in [-0.15, -0.1) is 0 Å². The van der Waals surface area contributed by atoms with Crippen molar-refractivity contribution in [1.82, 2.24) is 10.2 Å². The minimum absolute atomic E-state index is 0.180. The highest BCUT2D eigenvalue weighted by molar-refractivity contribution is 5.86. The van der Waals surface area contributed by atoms with Crippen LogP contribution >= 0.6 is 0 Å². The van der Waals surface area contributed by atoms with Crippen LogP contribution in [0.1, 0.15) is 19.4 Å². The number of hydrogen-bond acceptors (Lipinski definition) is 4. The minimum atomic E-state index is -1.02. The maximum absolute atomic E-state index is 12.3. The van der Waals surface area contributed by atoms with E-state index in [-0.39, 0.29) is 11.8 Å². The summed E-state index contributed by atoms with van der Waals surface area (Å²) >= 11 is 0. The maximum Gasteiger partial charge on any atom is 0.326 e. The summed E-state index contributed by atoms with van der Waals surface area (Å²) in [6.07, 6.45) is -0.631. The predicted molar refractivity (Wildman–Crippen MR) is 85.9 cm³/mol. The molecule has 0 bridgehead atoms. The molecule has 6 heteroatoms. The SMILES string of the molecule is CC(C)[C@@H](NC(=O)[C@H]1CN(Cc2ccccc2)CCO1)C(=O)O. The van der Waals surface area contributed by atoms with Crippen molar-refractivity contribution in [3.63, 3.8) is 0 Å². The van der Waals surface area contributed by atoms with Crippen LogP contribution in [0.2, 0.25) is 0 Å². The number of amides is 1. The average molecular weight is 320 g/mol. The molecular weight excluding hydrogens is 296 g/mol. The van der Waals surface area contributed by atoms with Crippen molar-refractivity contribution in [2.24, 2.45) is 5.92 Å². The third kappa shape index (κ3) is 5.04. The van der Waals surface area contributed by atoms with Gasteiger partial charge in [0.1, 0.15) is 12.1 Å². The van der Waals surface area contributed by atoms with Crippen LogP contribution in [-0.2, 0) is 20.9 Å². The number of nitrogens with one attached hydrogen (secondary N) is 1. The number of rotatable bonds is 6. The van der Waals surface area contributed by atoms with Gasteiger partial charge in [0.25, 0.3) is 5.91 Å². The molecule has 23 heavy (non-hydrogen) atoms.